The summed E-state index contributed by atoms with van der Waals surface area (Å²) < 4.78 is 10.4. The Labute approximate surface area is 118 Å². The molecule has 0 aliphatic rings. The van der Waals surface area contributed by atoms with Crippen LogP contribution in [0.15, 0.2) is 48.5 Å². The Morgan fingerprint density at radius 2 is 1.58 bits per heavy atom. The van der Waals surface area contributed by atoms with Gasteiger partial charge < -0.3 is 9.47 Å². The van der Waals surface area contributed by atoms with Crippen molar-refractivity contribution >= 4 is 11.6 Å². The van der Waals surface area contributed by atoms with E-state index in [0.29, 0.717) is 0 Å². The molecule has 0 amide bonds. The monoisotopic (exact) mass is 276 g/mol. The van der Waals surface area contributed by atoms with Crippen molar-refractivity contribution < 1.29 is 9.47 Å². The zero-order valence-corrected chi connectivity index (χ0v) is 11.9. The molecule has 2 aromatic rings. The molecule has 1 atom stereocenters. The zero-order chi connectivity index (χ0) is 13.7. The minimum absolute atomic E-state index is 0.0813. The van der Waals surface area contributed by atoms with Gasteiger partial charge in [-0.25, -0.2) is 0 Å². The summed E-state index contributed by atoms with van der Waals surface area (Å²) in [5, 5.41) is -0.0813. The largest absolute Gasteiger partial charge is 0.497 e. The summed E-state index contributed by atoms with van der Waals surface area (Å²) in [5.74, 6) is 1.68. The van der Waals surface area contributed by atoms with Gasteiger partial charge in [-0.05, 0) is 41.8 Å². The molecule has 0 N–H and O–H groups in total. The van der Waals surface area contributed by atoms with Gasteiger partial charge in [0.25, 0.3) is 0 Å². The van der Waals surface area contributed by atoms with Crippen LogP contribution in [-0.2, 0) is 6.42 Å². The lowest BCUT2D eigenvalue weighted by atomic mass is 10.0. The van der Waals surface area contributed by atoms with Crippen molar-refractivity contribution in [1.29, 1.82) is 0 Å². The minimum atomic E-state index is -0.0813. The Balaban J connectivity index is 2.13. The van der Waals surface area contributed by atoms with Gasteiger partial charge in [0, 0.05) is 0 Å². The minimum Gasteiger partial charge on any atom is -0.497 e. The fourth-order valence-corrected chi connectivity index (χ4v) is 2.27. The highest BCUT2D eigenvalue weighted by atomic mass is 35.5. The molecule has 19 heavy (non-hydrogen) atoms. The Morgan fingerprint density at radius 3 is 2.26 bits per heavy atom. The van der Waals surface area contributed by atoms with Crippen molar-refractivity contribution in [3.63, 3.8) is 0 Å². The second kappa shape index (κ2) is 6.48. The van der Waals surface area contributed by atoms with E-state index < -0.39 is 0 Å². The van der Waals surface area contributed by atoms with Crippen LogP contribution in [0.2, 0.25) is 0 Å². The predicted molar refractivity (Wildman–Crippen MR) is 78.3 cm³/mol. The van der Waals surface area contributed by atoms with E-state index in [1.54, 1.807) is 14.2 Å². The van der Waals surface area contributed by atoms with Crippen molar-refractivity contribution in [3.8, 4) is 11.5 Å². The Kier molecular flexibility index (Phi) is 4.69. The van der Waals surface area contributed by atoms with Gasteiger partial charge in [-0.2, -0.15) is 0 Å². The summed E-state index contributed by atoms with van der Waals surface area (Å²) in [6.45, 7) is 0. The van der Waals surface area contributed by atoms with Crippen molar-refractivity contribution in [2.24, 2.45) is 0 Å². The smallest absolute Gasteiger partial charge is 0.119 e. The number of hydrogen-bond acceptors (Lipinski definition) is 2. The SMILES string of the molecule is COc1cccc(CC(Cl)c2cccc(OC)c2)c1. The molecule has 0 heterocycles. The topological polar surface area (TPSA) is 18.5 Å². The van der Waals surface area contributed by atoms with Crippen LogP contribution >= 0.6 is 11.6 Å². The van der Waals surface area contributed by atoms with Crippen LogP contribution in [0.25, 0.3) is 0 Å². The lowest BCUT2D eigenvalue weighted by Crippen LogP contribution is -1.97. The van der Waals surface area contributed by atoms with E-state index >= 15 is 0 Å². The lowest BCUT2D eigenvalue weighted by molar-refractivity contribution is 0.413. The number of rotatable bonds is 5. The molecule has 0 bridgehead atoms. The van der Waals surface area contributed by atoms with Gasteiger partial charge in [-0.15, -0.1) is 11.6 Å². The third kappa shape index (κ3) is 3.65. The van der Waals surface area contributed by atoms with E-state index in [9.17, 15) is 0 Å². The zero-order valence-electron chi connectivity index (χ0n) is 11.1. The number of hydrogen-bond donors (Lipinski definition) is 0. The van der Waals surface area contributed by atoms with Crippen LogP contribution < -0.4 is 9.47 Å². The van der Waals surface area contributed by atoms with Gasteiger partial charge in [0.15, 0.2) is 0 Å². The first-order valence-corrected chi connectivity index (χ1v) is 6.57. The number of ether oxygens (including phenoxy) is 2. The molecular formula is C16H17ClO2. The molecule has 2 aromatic carbocycles. The highest BCUT2D eigenvalue weighted by molar-refractivity contribution is 6.20. The molecular weight excluding hydrogens is 260 g/mol. The fourth-order valence-electron chi connectivity index (χ4n) is 1.96. The van der Waals surface area contributed by atoms with Gasteiger partial charge in [-0.1, -0.05) is 24.3 Å². The maximum atomic E-state index is 6.47. The third-order valence-corrected chi connectivity index (χ3v) is 3.41. The predicted octanol–water partition coefficient (Wildman–Crippen LogP) is 4.23. The van der Waals surface area contributed by atoms with Crippen LogP contribution in [-0.4, -0.2) is 14.2 Å². The van der Waals surface area contributed by atoms with Crippen molar-refractivity contribution in [3.05, 3.63) is 59.7 Å². The highest BCUT2D eigenvalue weighted by Gasteiger charge is 2.10. The van der Waals surface area contributed by atoms with Crippen LogP contribution in [0.5, 0.6) is 11.5 Å². The molecule has 0 aliphatic heterocycles. The van der Waals surface area contributed by atoms with Crippen LogP contribution in [0.1, 0.15) is 16.5 Å². The van der Waals surface area contributed by atoms with E-state index in [1.165, 1.54) is 0 Å². The normalized spacial score (nSPS) is 11.9. The molecule has 0 saturated carbocycles. The second-order valence-electron chi connectivity index (χ2n) is 4.30. The quantitative estimate of drug-likeness (QED) is 0.761. The lowest BCUT2D eigenvalue weighted by Gasteiger charge is -2.12. The Hall–Kier alpha value is -1.67. The van der Waals surface area contributed by atoms with E-state index in [-0.39, 0.29) is 5.38 Å². The van der Waals surface area contributed by atoms with Gasteiger partial charge in [0.2, 0.25) is 0 Å². The highest BCUT2D eigenvalue weighted by Crippen LogP contribution is 2.28. The van der Waals surface area contributed by atoms with Crippen molar-refractivity contribution in [2.45, 2.75) is 11.8 Å². The number of methoxy groups -OCH3 is 2. The maximum Gasteiger partial charge on any atom is 0.119 e. The summed E-state index contributed by atoms with van der Waals surface area (Å²) in [7, 11) is 3.32. The van der Waals surface area contributed by atoms with E-state index in [0.717, 1.165) is 29.0 Å². The Morgan fingerprint density at radius 1 is 0.947 bits per heavy atom. The first-order chi connectivity index (χ1) is 9.22. The molecule has 0 aromatic heterocycles. The van der Waals surface area contributed by atoms with Crippen molar-refractivity contribution in [2.75, 3.05) is 14.2 Å². The summed E-state index contributed by atoms with van der Waals surface area (Å²) in [5.41, 5.74) is 2.21. The number of alkyl halides is 1. The van der Waals surface area contributed by atoms with Gasteiger partial charge in [-0.3, -0.25) is 0 Å². The van der Waals surface area contributed by atoms with E-state index in [1.807, 2.05) is 42.5 Å². The summed E-state index contributed by atoms with van der Waals surface area (Å²) in [6.07, 6.45) is 0.756. The molecule has 0 saturated heterocycles. The summed E-state index contributed by atoms with van der Waals surface area (Å²) in [6, 6.07) is 15.8. The molecule has 0 aliphatic carbocycles. The first-order valence-electron chi connectivity index (χ1n) is 6.14. The maximum absolute atomic E-state index is 6.47. The molecule has 0 spiro atoms. The molecule has 100 valence electrons. The molecule has 1 unspecified atom stereocenters. The average molecular weight is 277 g/mol. The van der Waals surface area contributed by atoms with Gasteiger partial charge in [0.1, 0.15) is 11.5 Å². The van der Waals surface area contributed by atoms with E-state index in [2.05, 4.69) is 6.07 Å². The third-order valence-electron chi connectivity index (χ3n) is 3.00. The first kappa shape index (κ1) is 13.8. The molecule has 0 fully saturated rings. The van der Waals surface area contributed by atoms with Crippen molar-refractivity contribution in [1.82, 2.24) is 0 Å². The molecule has 2 nitrogen and oxygen atoms in total. The van der Waals surface area contributed by atoms with Gasteiger partial charge in [0.05, 0.1) is 19.6 Å². The fraction of sp³-hybridized carbons (Fsp3) is 0.250. The van der Waals surface area contributed by atoms with Crippen LogP contribution in [0.4, 0.5) is 0 Å². The number of halogens is 1. The second-order valence-corrected chi connectivity index (χ2v) is 4.83. The molecule has 0 radical (unpaired) electrons. The van der Waals surface area contributed by atoms with E-state index in [4.69, 9.17) is 21.1 Å². The van der Waals surface area contributed by atoms with Gasteiger partial charge >= 0.3 is 0 Å². The average Bonchev–Trinajstić information content (AvgIpc) is 2.47. The number of benzene rings is 2. The molecule has 2 rings (SSSR count). The Bertz CT molecular complexity index is 540. The van der Waals surface area contributed by atoms with Crippen LogP contribution in [0, 0.1) is 0 Å². The molecule has 3 heteroatoms. The summed E-state index contributed by atoms with van der Waals surface area (Å²) >= 11 is 6.47. The van der Waals surface area contributed by atoms with Crippen LogP contribution in [0.3, 0.4) is 0 Å². The standard InChI is InChI=1S/C16H17ClO2/c1-18-14-7-3-5-12(9-14)10-16(17)13-6-4-8-15(11-13)19-2/h3-9,11,16H,10H2,1-2H3. The summed E-state index contributed by atoms with van der Waals surface area (Å²) in [4.78, 5) is 0.